The first-order valence-electron chi connectivity index (χ1n) is 16.2. The fraction of sp³-hybridized carbons (Fsp3) is 0.774. The van der Waals surface area contributed by atoms with Crippen LogP contribution in [0.5, 0.6) is 0 Å². The molecule has 10 N–H and O–H groups in total. The molecule has 0 heterocycles. The Labute approximate surface area is 276 Å². The van der Waals surface area contributed by atoms with Crippen LogP contribution in [0.25, 0.3) is 0 Å². The molecule has 0 aliphatic rings. The molecule has 16 heteroatoms. The lowest BCUT2D eigenvalue weighted by Gasteiger charge is -2.28. The maximum Gasteiger partial charge on any atom is 0.305 e. The van der Waals surface area contributed by atoms with E-state index in [0.717, 1.165) is 19.8 Å². The van der Waals surface area contributed by atoms with Crippen LogP contribution in [0.15, 0.2) is 0 Å². The zero-order valence-electron chi connectivity index (χ0n) is 28.6. The molecule has 0 aromatic heterocycles. The van der Waals surface area contributed by atoms with Crippen LogP contribution in [0.3, 0.4) is 0 Å². The average Bonchev–Trinajstić information content (AvgIpc) is 2.95. The quantitative estimate of drug-likeness (QED) is 0.0642. The lowest BCUT2D eigenvalue weighted by molar-refractivity contribution is -0.142. The van der Waals surface area contributed by atoms with Crippen LogP contribution < -0.4 is 32.3 Å². The van der Waals surface area contributed by atoms with Crippen molar-refractivity contribution in [3.8, 4) is 0 Å². The van der Waals surface area contributed by atoms with Gasteiger partial charge in [0, 0.05) is 5.92 Å². The maximum absolute atomic E-state index is 13.3. The first-order valence-corrected chi connectivity index (χ1v) is 16.2. The number of amides is 6. The number of rotatable bonds is 23. The maximum atomic E-state index is 13.3. The number of carboxylic acids is 1. The third kappa shape index (κ3) is 16.6. The van der Waals surface area contributed by atoms with E-state index in [-0.39, 0.29) is 36.5 Å². The van der Waals surface area contributed by atoms with E-state index in [0.29, 0.717) is 12.8 Å². The smallest absolute Gasteiger partial charge is 0.305 e. The number of aliphatic hydroxyl groups is 2. The van der Waals surface area contributed by atoms with E-state index in [1.54, 1.807) is 13.8 Å². The molecule has 0 spiro atoms. The van der Waals surface area contributed by atoms with Gasteiger partial charge in [0.05, 0.1) is 19.1 Å². The molecule has 6 atom stereocenters. The Hall–Kier alpha value is -3.79. The molecule has 16 nitrogen and oxygen atoms in total. The summed E-state index contributed by atoms with van der Waals surface area (Å²) in [5, 5.41) is 41.3. The van der Waals surface area contributed by atoms with Gasteiger partial charge in [-0.2, -0.15) is 0 Å². The molecule has 0 aromatic carbocycles. The first-order chi connectivity index (χ1) is 21.9. The number of carbonyl (C=O) groups is 7. The lowest BCUT2D eigenvalue weighted by atomic mass is 9.95. The zero-order valence-corrected chi connectivity index (χ0v) is 28.6. The summed E-state index contributed by atoms with van der Waals surface area (Å²) in [7, 11) is 0. The Balaban J connectivity index is 5.93. The Bertz CT molecular complexity index is 1060. The molecular weight excluding hydrogens is 616 g/mol. The molecule has 0 aromatic rings. The van der Waals surface area contributed by atoms with Crippen molar-refractivity contribution in [2.75, 3.05) is 6.61 Å². The summed E-state index contributed by atoms with van der Waals surface area (Å²) in [6.45, 7) is 11.4. The van der Waals surface area contributed by atoms with Gasteiger partial charge in [0.2, 0.25) is 35.4 Å². The van der Waals surface area contributed by atoms with Crippen LogP contribution in [-0.4, -0.2) is 99.7 Å². The summed E-state index contributed by atoms with van der Waals surface area (Å²) in [6, 6.07) is -7.24. The van der Waals surface area contributed by atoms with Crippen molar-refractivity contribution in [2.24, 2.45) is 23.5 Å². The van der Waals surface area contributed by atoms with Crippen molar-refractivity contribution in [1.29, 1.82) is 0 Å². The monoisotopic (exact) mass is 672 g/mol. The van der Waals surface area contributed by atoms with Crippen LogP contribution in [-0.2, 0) is 33.6 Å². The van der Waals surface area contributed by atoms with Crippen molar-refractivity contribution in [1.82, 2.24) is 26.6 Å². The normalized spacial score (nSPS) is 15.1. The van der Waals surface area contributed by atoms with Gasteiger partial charge in [0.1, 0.15) is 30.2 Å². The highest BCUT2D eigenvalue weighted by atomic mass is 16.4. The molecule has 47 heavy (non-hydrogen) atoms. The largest absolute Gasteiger partial charge is 0.481 e. The number of aliphatic hydroxyl groups excluding tert-OH is 2. The SMILES string of the molecule is CCCC(CCC)C(=O)NC(CC(C)C)C(=O)NC(CC(=O)O)C(=O)NC(C(=O)NC(CO)C(=O)NC(CC(C)C)C(N)=O)C(C)O. The number of hydrogen-bond donors (Lipinski definition) is 9. The third-order valence-electron chi connectivity index (χ3n) is 7.24. The highest BCUT2D eigenvalue weighted by Crippen LogP contribution is 2.15. The number of hydrogen-bond acceptors (Lipinski definition) is 9. The van der Waals surface area contributed by atoms with E-state index in [4.69, 9.17) is 5.73 Å². The van der Waals surface area contributed by atoms with Crippen LogP contribution in [0.2, 0.25) is 0 Å². The van der Waals surface area contributed by atoms with Gasteiger partial charge in [0.25, 0.3) is 0 Å². The average molecular weight is 673 g/mol. The van der Waals surface area contributed by atoms with E-state index >= 15 is 0 Å². The van der Waals surface area contributed by atoms with E-state index in [1.165, 1.54) is 0 Å². The summed E-state index contributed by atoms with van der Waals surface area (Å²) >= 11 is 0. The lowest BCUT2D eigenvalue weighted by Crippen LogP contribution is -2.62. The molecular formula is C31H56N6O10. The fourth-order valence-corrected chi connectivity index (χ4v) is 4.86. The van der Waals surface area contributed by atoms with Gasteiger partial charge in [-0.25, -0.2) is 0 Å². The number of carbonyl (C=O) groups excluding carboxylic acids is 6. The van der Waals surface area contributed by atoms with E-state index < -0.39 is 84.8 Å². The number of primary amides is 1. The molecule has 270 valence electrons. The molecule has 0 fully saturated rings. The molecule has 0 bridgehead atoms. The number of aliphatic carboxylic acids is 1. The van der Waals surface area contributed by atoms with Crippen molar-refractivity contribution >= 4 is 41.4 Å². The van der Waals surface area contributed by atoms with Crippen LogP contribution in [0.4, 0.5) is 0 Å². The second-order valence-corrected chi connectivity index (χ2v) is 12.7. The minimum atomic E-state index is -1.75. The molecule has 6 amide bonds. The van der Waals surface area contributed by atoms with E-state index in [1.807, 2.05) is 27.7 Å². The summed E-state index contributed by atoms with van der Waals surface area (Å²) in [5.74, 6) is -7.03. The van der Waals surface area contributed by atoms with Crippen LogP contribution >= 0.6 is 0 Å². The molecule has 0 rings (SSSR count). The van der Waals surface area contributed by atoms with Crippen LogP contribution in [0, 0.1) is 17.8 Å². The fourth-order valence-electron chi connectivity index (χ4n) is 4.86. The molecule has 0 saturated heterocycles. The summed E-state index contributed by atoms with van der Waals surface area (Å²) < 4.78 is 0. The van der Waals surface area contributed by atoms with Crippen molar-refractivity contribution in [3.05, 3.63) is 0 Å². The second kappa shape index (κ2) is 21.9. The zero-order chi connectivity index (χ0) is 36.4. The van der Waals surface area contributed by atoms with Crippen molar-refractivity contribution in [2.45, 2.75) is 130 Å². The third-order valence-corrected chi connectivity index (χ3v) is 7.24. The van der Waals surface area contributed by atoms with Gasteiger partial charge in [-0.05, 0) is 44.4 Å². The Morgan fingerprint density at radius 2 is 1.04 bits per heavy atom. The second-order valence-electron chi connectivity index (χ2n) is 12.7. The van der Waals surface area contributed by atoms with Gasteiger partial charge in [-0.3, -0.25) is 33.6 Å². The van der Waals surface area contributed by atoms with E-state index in [9.17, 15) is 48.9 Å². The first kappa shape index (κ1) is 43.2. The van der Waals surface area contributed by atoms with Gasteiger partial charge >= 0.3 is 5.97 Å². The van der Waals surface area contributed by atoms with Gasteiger partial charge < -0.3 is 47.6 Å². The Morgan fingerprint density at radius 1 is 0.617 bits per heavy atom. The molecule has 0 saturated carbocycles. The molecule has 0 aliphatic carbocycles. The topological polar surface area (TPSA) is 266 Å². The van der Waals surface area contributed by atoms with Gasteiger partial charge in [-0.1, -0.05) is 54.4 Å². The minimum absolute atomic E-state index is 0.0278. The Morgan fingerprint density at radius 3 is 1.47 bits per heavy atom. The predicted octanol–water partition coefficient (Wildman–Crippen LogP) is -0.948. The van der Waals surface area contributed by atoms with Gasteiger partial charge in [-0.15, -0.1) is 0 Å². The summed E-state index contributed by atoms with van der Waals surface area (Å²) in [5.41, 5.74) is 5.34. The standard InChI is InChI=1S/C31H56N6O10/c1-8-10-19(11-9-2)27(43)34-21(13-17(5)6)28(44)35-22(14-24(40)41)29(45)37-25(18(7)39)31(47)36-23(15-38)30(46)33-20(26(32)42)12-16(3)4/h16-23,25,38-39H,8-15H2,1-7H3,(H2,32,42)(H,33,46)(H,34,43)(H,35,44)(H,36,47)(H,37,45)(H,40,41). The number of nitrogens with two attached hydrogens (primary N) is 1. The van der Waals surface area contributed by atoms with Gasteiger partial charge in [0.15, 0.2) is 0 Å². The van der Waals surface area contributed by atoms with Crippen molar-refractivity contribution in [3.63, 3.8) is 0 Å². The highest BCUT2D eigenvalue weighted by molar-refractivity contribution is 5.97. The molecule has 0 radical (unpaired) electrons. The van der Waals surface area contributed by atoms with E-state index in [2.05, 4.69) is 26.6 Å². The summed E-state index contributed by atoms with van der Waals surface area (Å²) in [4.78, 5) is 88.7. The minimum Gasteiger partial charge on any atom is -0.481 e. The van der Waals surface area contributed by atoms with Crippen molar-refractivity contribution < 1.29 is 48.9 Å². The number of carboxylic acid groups (broad SMARTS) is 1. The molecule has 0 aliphatic heterocycles. The molecule has 6 unspecified atom stereocenters. The predicted molar refractivity (Wildman–Crippen MR) is 172 cm³/mol. The summed E-state index contributed by atoms with van der Waals surface area (Å²) in [6.07, 6.45) is 0.659. The highest BCUT2D eigenvalue weighted by Gasteiger charge is 2.35. The Kier molecular flexibility index (Phi) is 20.1. The van der Waals surface area contributed by atoms with Crippen LogP contribution in [0.1, 0.15) is 93.4 Å². The number of nitrogens with one attached hydrogen (secondary N) is 5.